The number of fused-ring (bicyclic) bond motifs is 1. The van der Waals surface area contributed by atoms with Gasteiger partial charge in [0, 0.05) is 5.02 Å². The second-order valence-corrected chi connectivity index (χ2v) is 9.33. The molecule has 4 aromatic rings. The number of ether oxygens (including phenoxy) is 3. The predicted molar refractivity (Wildman–Crippen MR) is 145 cm³/mol. The lowest BCUT2D eigenvalue weighted by Gasteiger charge is -2.31. The van der Waals surface area contributed by atoms with Gasteiger partial charge in [-0.25, -0.2) is 4.68 Å². The highest BCUT2D eigenvalue weighted by molar-refractivity contribution is 6.30. The van der Waals surface area contributed by atoms with Crippen molar-refractivity contribution in [3.63, 3.8) is 0 Å². The minimum absolute atomic E-state index is 0.0219. The van der Waals surface area contributed by atoms with Crippen molar-refractivity contribution in [1.29, 1.82) is 0 Å². The molecule has 0 radical (unpaired) electrons. The van der Waals surface area contributed by atoms with Crippen LogP contribution in [0, 0.1) is 0 Å². The highest BCUT2D eigenvalue weighted by Gasteiger charge is 2.31. The molecule has 3 aromatic carbocycles. The highest BCUT2D eigenvalue weighted by Crippen LogP contribution is 2.39. The molecule has 0 aliphatic carbocycles. The smallest absolute Gasteiger partial charge is 0.250 e. The molecule has 2 N–H and O–H groups in total. The Hall–Kier alpha value is -4.24. The van der Waals surface area contributed by atoms with E-state index in [4.69, 9.17) is 25.8 Å². The number of hydrogen-bond acceptors (Lipinski definition) is 7. The molecule has 1 aliphatic heterocycles. The van der Waals surface area contributed by atoms with Crippen LogP contribution in [0.5, 0.6) is 17.2 Å². The van der Waals surface area contributed by atoms with Crippen molar-refractivity contribution in [1.82, 2.24) is 14.8 Å². The average Bonchev–Trinajstić information content (AvgIpc) is 3.35. The van der Waals surface area contributed by atoms with Gasteiger partial charge in [-0.3, -0.25) is 10.1 Å². The van der Waals surface area contributed by atoms with E-state index in [1.165, 1.54) is 0 Å². The summed E-state index contributed by atoms with van der Waals surface area (Å²) in [5.41, 5.74) is 2.92. The van der Waals surface area contributed by atoms with Gasteiger partial charge < -0.3 is 19.5 Å². The summed E-state index contributed by atoms with van der Waals surface area (Å²) >= 11 is 6.11. The molecule has 2 atom stereocenters. The van der Waals surface area contributed by atoms with Crippen LogP contribution < -0.4 is 24.8 Å². The Kier molecular flexibility index (Phi) is 7.37. The number of rotatable bonds is 8. The lowest BCUT2D eigenvalue weighted by Crippen LogP contribution is -2.28. The molecule has 0 bridgehead atoms. The Morgan fingerprint density at radius 3 is 2.37 bits per heavy atom. The van der Waals surface area contributed by atoms with Gasteiger partial charge in [0.2, 0.25) is 11.9 Å². The third kappa shape index (κ3) is 5.38. The van der Waals surface area contributed by atoms with Crippen molar-refractivity contribution in [3.05, 3.63) is 88.4 Å². The van der Waals surface area contributed by atoms with E-state index in [-0.39, 0.29) is 30.4 Å². The summed E-state index contributed by atoms with van der Waals surface area (Å²) in [6, 6.07) is 20.9. The minimum atomic E-state index is -0.240. The maximum absolute atomic E-state index is 12.9. The fraction of sp³-hybridized carbons (Fsp3) is 0.250. The SMILES string of the molecule is COc1ccc([C@H]2C[C@@H](c3ccc(Cl)cc3)Nc3nc(NC(=O)Cc4ccc(OC)c(OC)c4)nn32)cc1. The number of amides is 1. The van der Waals surface area contributed by atoms with Crippen LogP contribution in [0.15, 0.2) is 66.7 Å². The van der Waals surface area contributed by atoms with Crippen molar-refractivity contribution in [2.45, 2.75) is 24.9 Å². The first-order valence-electron chi connectivity index (χ1n) is 12.1. The summed E-state index contributed by atoms with van der Waals surface area (Å²) in [7, 11) is 4.77. The fourth-order valence-corrected chi connectivity index (χ4v) is 4.72. The normalized spacial score (nSPS) is 16.2. The molecule has 1 amide bonds. The number of anilines is 2. The maximum atomic E-state index is 12.9. The molecular weight excluding hydrogens is 506 g/mol. The number of aromatic nitrogens is 3. The minimum Gasteiger partial charge on any atom is -0.497 e. The van der Waals surface area contributed by atoms with Gasteiger partial charge in [-0.2, -0.15) is 4.98 Å². The Bertz CT molecular complexity index is 1420. The van der Waals surface area contributed by atoms with Crippen LogP contribution >= 0.6 is 11.6 Å². The molecule has 0 saturated heterocycles. The first-order chi connectivity index (χ1) is 18.5. The Morgan fingerprint density at radius 2 is 1.68 bits per heavy atom. The van der Waals surface area contributed by atoms with Crippen LogP contribution in [0.4, 0.5) is 11.9 Å². The summed E-state index contributed by atoms with van der Waals surface area (Å²) in [6.07, 6.45) is 0.857. The molecule has 10 heteroatoms. The van der Waals surface area contributed by atoms with Crippen LogP contribution in [0.2, 0.25) is 5.02 Å². The summed E-state index contributed by atoms with van der Waals surface area (Å²) in [5, 5.41) is 11.6. The van der Waals surface area contributed by atoms with Crippen LogP contribution in [-0.4, -0.2) is 42.0 Å². The van der Waals surface area contributed by atoms with E-state index in [9.17, 15) is 4.79 Å². The molecule has 1 aliphatic rings. The number of methoxy groups -OCH3 is 3. The number of carbonyl (C=O) groups excluding carboxylic acids is 1. The molecule has 196 valence electrons. The number of hydrogen-bond donors (Lipinski definition) is 2. The highest BCUT2D eigenvalue weighted by atomic mass is 35.5. The van der Waals surface area contributed by atoms with Gasteiger partial charge in [0.1, 0.15) is 5.75 Å². The summed E-state index contributed by atoms with van der Waals surface area (Å²) in [5.74, 6) is 2.50. The second-order valence-electron chi connectivity index (χ2n) is 8.89. The predicted octanol–water partition coefficient (Wildman–Crippen LogP) is 5.28. The van der Waals surface area contributed by atoms with Crippen LogP contribution in [-0.2, 0) is 11.2 Å². The molecule has 38 heavy (non-hydrogen) atoms. The van der Waals surface area contributed by atoms with Crippen molar-refractivity contribution in [3.8, 4) is 17.2 Å². The standard InChI is InChI=1S/C28H28ClN5O4/c1-36-21-11-7-19(8-12-21)23-16-22(18-5-9-20(29)10-6-18)30-28-32-27(33-34(23)28)31-26(35)15-17-4-13-24(37-2)25(14-17)38-3/h4-14,22-23H,15-16H2,1-3H3,(H2,30,31,32,33,35)/t22-,23+/m0/s1. The van der Waals surface area contributed by atoms with E-state index in [1.54, 1.807) is 33.5 Å². The molecule has 0 unspecified atom stereocenters. The monoisotopic (exact) mass is 533 g/mol. The fourth-order valence-electron chi connectivity index (χ4n) is 4.59. The van der Waals surface area contributed by atoms with E-state index in [0.29, 0.717) is 22.5 Å². The second kappa shape index (κ2) is 11.0. The first-order valence-corrected chi connectivity index (χ1v) is 12.5. The number of benzene rings is 3. The Morgan fingerprint density at radius 1 is 0.974 bits per heavy atom. The average molecular weight is 534 g/mol. The zero-order valence-corrected chi connectivity index (χ0v) is 22.0. The van der Waals surface area contributed by atoms with Crippen LogP contribution in [0.1, 0.15) is 35.2 Å². The van der Waals surface area contributed by atoms with Crippen LogP contribution in [0.3, 0.4) is 0 Å². The van der Waals surface area contributed by atoms with Gasteiger partial charge >= 0.3 is 0 Å². The number of nitrogens with zero attached hydrogens (tertiary/aromatic N) is 3. The summed E-state index contributed by atoms with van der Waals surface area (Å²) in [6.45, 7) is 0. The van der Waals surface area contributed by atoms with E-state index in [0.717, 1.165) is 28.9 Å². The lowest BCUT2D eigenvalue weighted by atomic mass is 9.93. The number of carbonyl (C=O) groups is 1. The molecular formula is C28H28ClN5O4. The van der Waals surface area contributed by atoms with Crippen molar-refractivity contribution in [2.75, 3.05) is 32.0 Å². The van der Waals surface area contributed by atoms with Gasteiger partial charge in [0.05, 0.1) is 39.8 Å². The van der Waals surface area contributed by atoms with Crippen molar-refractivity contribution >= 4 is 29.4 Å². The van der Waals surface area contributed by atoms with Crippen molar-refractivity contribution in [2.24, 2.45) is 0 Å². The van der Waals surface area contributed by atoms with Gasteiger partial charge in [-0.05, 0) is 59.5 Å². The topological polar surface area (TPSA) is 99.5 Å². The maximum Gasteiger partial charge on any atom is 0.250 e. The van der Waals surface area contributed by atoms with Crippen molar-refractivity contribution < 1.29 is 19.0 Å². The molecule has 1 aromatic heterocycles. The van der Waals surface area contributed by atoms with Crippen LogP contribution in [0.25, 0.3) is 0 Å². The first kappa shape index (κ1) is 25.4. The molecule has 2 heterocycles. The number of nitrogens with one attached hydrogen (secondary N) is 2. The molecule has 9 nitrogen and oxygen atoms in total. The molecule has 5 rings (SSSR count). The summed E-state index contributed by atoms with van der Waals surface area (Å²) in [4.78, 5) is 17.5. The lowest BCUT2D eigenvalue weighted by molar-refractivity contribution is -0.115. The van der Waals surface area contributed by atoms with Gasteiger partial charge in [-0.15, -0.1) is 5.10 Å². The van der Waals surface area contributed by atoms with E-state index in [1.807, 2.05) is 59.3 Å². The third-order valence-corrected chi connectivity index (χ3v) is 6.78. The van der Waals surface area contributed by atoms with E-state index in [2.05, 4.69) is 20.7 Å². The van der Waals surface area contributed by atoms with E-state index < -0.39 is 0 Å². The quantitative estimate of drug-likeness (QED) is 0.317. The molecule has 0 saturated carbocycles. The summed E-state index contributed by atoms with van der Waals surface area (Å²) < 4.78 is 17.8. The molecule has 0 fully saturated rings. The Labute approximate surface area is 225 Å². The van der Waals surface area contributed by atoms with Gasteiger partial charge in [0.15, 0.2) is 11.5 Å². The third-order valence-electron chi connectivity index (χ3n) is 6.53. The largest absolute Gasteiger partial charge is 0.497 e. The Balaban J connectivity index is 1.40. The van der Waals surface area contributed by atoms with Gasteiger partial charge in [0.25, 0.3) is 5.95 Å². The molecule has 0 spiro atoms. The van der Waals surface area contributed by atoms with Gasteiger partial charge in [-0.1, -0.05) is 41.9 Å². The zero-order chi connectivity index (χ0) is 26.6. The van der Waals surface area contributed by atoms with E-state index >= 15 is 0 Å². The number of halogens is 1. The zero-order valence-electron chi connectivity index (χ0n) is 21.3.